The Morgan fingerprint density at radius 2 is 2.12 bits per heavy atom. The third-order valence-corrected chi connectivity index (χ3v) is 3.91. The van der Waals surface area contributed by atoms with Crippen molar-refractivity contribution in [3.8, 4) is 11.5 Å². The molecule has 0 aliphatic carbocycles. The summed E-state index contributed by atoms with van der Waals surface area (Å²) in [4.78, 5) is 8.67. The molecular weight excluding hydrogens is 347 g/mol. The van der Waals surface area contributed by atoms with Gasteiger partial charge in [0.1, 0.15) is 5.69 Å². The third kappa shape index (κ3) is 3.77. The van der Waals surface area contributed by atoms with E-state index in [9.17, 15) is 0 Å². The van der Waals surface area contributed by atoms with E-state index in [4.69, 9.17) is 5.10 Å². The van der Waals surface area contributed by atoms with E-state index in [1.54, 1.807) is 6.20 Å². The molecule has 4 rings (SSSR count). The van der Waals surface area contributed by atoms with Crippen molar-refractivity contribution in [2.75, 3.05) is 6.54 Å². The molecule has 0 radical (unpaired) electrons. The minimum Gasteiger partial charge on any atom is -0.325 e. The predicted octanol–water partition coefficient (Wildman–Crippen LogP) is 2.53. The maximum Gasteiger partial charge on any atom is 0.160 e. The van der Waals surface area contributed by atoms with Crippen LogP contribution in [0.3, 0.4) is 0 Å². The zero-order valence-corrected chi connectivity index (χ0v) is 14.8. The standard InChI is InChI=1S/C16H18N6.2ClH/c1-3-13(10-17-4-1)12-21-8-6-19-16(21)15-9-14-11-18-5-2-7-22(14)20-15;;/h1,3-4,6,8-10,18H,2,5,7,11-12H2;2*1H. The van der Waals surface area contributed by atoms with Crippen LogP contribution in [0.1, 0.15) is 17.7 Å². The summed E-state index contributed by atoms with van der Waals surface area (Å²) in [7, 11) is 0. The first kappa shape index (κ1) is 18.4. The molecule has 3 aromatic heterocycles. The van der Waals surface area contributed by atoms with Crippen LogP contribution in [0, 0.1) is 0 Å². The molecule has 4 heterocycles. The molecule has 0 fully saturated rings. The van der Waals surface area contributed by atoms with Gasteiger partial charge in [-0.2, -0.15) is 5.10 Å². The summed E-state index contributed by atoms with van der Waals surface area (Å²) >= 11 is 0. The molecule has 128 valence electrons. The summed E-state index contributed by atoms with van der Waals surface area (Å²) in [6, 6.07) is 6.17. The van der Waals surface area contributed by atoms with Gasteiger partial charge in [-0.15, -0.1) is 24.8 Å². The summed E-state index contributed by atoms with van der Waals surface area (Å²) in [5.41, 5.74) is 3.32. The zero-order valence-electron chi connectivity index (χ0n) is 13.1. The van der Waals surface area contributed by atoms with Crippen LogP contribution in [0.2, 0.25) is 0 Å². The lowest BCUT2D eigenvalue weighted by molar-refractivity contribution is 0.588. The third-order valence-electron chi connectivity index (χ3n) is 3.91. The van der Waals surface area contributed by atoms with Crippen LogP contribution < -0.4 is 5.32 Å². The Hall–Kier alpha value is -1.89. The second kappa shape index (κ2) is 8.28. The number of rotatable bonds is 3. The number of nitrogens with one attached hydrogen (secondary N) is 1. The molecule has 0 aromatic carbocycles. The van der Waals surface area contributed by atoms with Crippen LogP contribution in [0.5, 0.6) is 0 Å². The van der Waals surface area contributed by atoms with Gasteiger partial charge in [0.15, 0.2) is 5.82 Å². The van der Waals surface area contributed by atoms with Gasteiger partial charge in [0, 0.05) is 37.9 Å². The van der Waals surface area contributed by atoms with Gasteiger partial charge < -0.3 is 9.88 Å². The number of hydrogen-bond donors (Lipinski definition) is 1. The smallest absolute Gasteiger partial charge is 0.160 e. The lowest BCUT2D eigenvalue weighted by Gasteiger charge is -2.06. The Morgan fingerprint density at radius 1 is 1.21 bits per heavy atom. The van der Waals surface area contributed by atoms with Crippen LogP contribution in [0.4, 0.5) is 0 Å². The van der Waals surface area contributed by atoms with Crippen molar-refractivity contribution in [2.45, 2.75) is 26.1 Å². The molecular formula is C16H20Cl2N6. The molecule has 0 bridgehead atoms. The van der Waals surface area contributed by atoms with Crippen molar-refractivity contribution in [3.63, 3.8) is 0 Å². The average molecular weight is 367 g/mol. The van der Waals surface area contributed by atoms with Crippen molar-refractivity contribution in [3.05, 3.63) is 54.2 Å². The van der Waals surface area contributed by atoms with E-state index < -0.39 is 0 Å². The minimum absolute atomic E-state index is 0. The molecule has 8 heteroatoms. The largest absolute Gasteiger partial charge is 0.325 e. The van der Waals surface area contributed by atoms with Crippen LogP contribution in [0.15, 0.2) is 43.0 Å². The summed E-state index contributed by atoms with van der Waals surface area (Å²) in [6.07, 6.45) is 8.60. The van der Waals surface area contributed by atoms with Crippen molar-refractivity contribution in [1.82, 2.24) is 29.6 Å². The number of hydrogen-bond acceptors (Lipinski definition) is 4. The van der Waals surface area contributed by atoms with Crippen molar-refractivity contribution in [1.29, 1.82) is 0 Å². The maximum absolute atomic E-state index is 4.73. The van der Waals surface area contributed by atoms with Gasteiger partial charge in [0.25, 0.3) is 0 Å². The molecule has 0 unspecified atom stereocenters. The van der Waals surface area contributed by atoms with Crippen LogP contribution in [0.25, 0.3) is 11.5 Å². The monoisotopic (exact) mass is 366 g/mol. The molecule has 6 nitrogen and oxygen atoms in total. The van der Waals surface area contributed by atoms with E-state index in [0.717, 1.165) is 49.7 Å². The van der Waals surface area contributed by atoms with Gasteiger partial charge in [0.05, 0.1) is 12.2 Å². The topological polar surface area (TPSA) is 60.6 Å². The highest BCUT2D eigenvalue weighted by Crippen LogP contribution is 2.20. The van der Waals surface area contributed by atoms with Crippen LogP contribution >= 0.6 is 24.8 Å². The normalized spacial score (nSPS) is 13.3. The van der Waals surface area contributed by atoms with Gasteiger partial charge in [-0.3, -0.25) is 9.67 Å². The van der Waals surface area contributed by atoms with E-state index in [2.05, 4.69) is 36.7 Å². The Bertz CT molecular complexity index is 744. The summed E-state index contributed by atoms with van der Waals surface area (Å²) in [5.74, 6) is 0.907. The first-order valence-corrected chi connectivity index (χ1v) is 7.58. The van der Waals surface area contributed by atoms with Gasteiger partial charge in [-0.1, -0.05) is 6.07 Å². The molecule has 24 heavy (non-hydrogen) atoms. The number of nitrogens with zero attached hydrogens (tertiary/aromatic N) is 5. The van der Waals surface area contributed by atoms with Crippen molar-refractivity contribution in [2.24, 2.45) is 0 Å². The summed E-state index contributed by atoms with van der Waals surface area (Å²) in [5, 5.41) is 8.15. The molecule has 0 saturated carbocycles. The van der Waals surface area contributed by atoms with E-state index in [-0.39, 0.29) is 24.8 Å². The van der Waals surface area contributed by atoms with E-state index in [0.29, 0.717) is 0 Å². The Labute approximate surface area is 153 Å². The van der Waals surface area contributed by atoms with Crippen molar-refractivity contribution >= 4 is 24.8 Å². The molecule has 1 N–H and O–H groups in total. The Balaban J connectivity index is 0.00000104. The van der Waals surface area contributed by atoms with E-state index in [1.807, 2.05) is 24.7 Å². The van der Waals surface area contributed by atoms with Crippen LogP contribution in [-0.2, 0) is 19.6 Å². The number of aryl methyl sites for hydroxylation is 1. The second-order valence-corrected chi connectivity index (χ2v) is 5.51. The molecule has 0 atom stereocenters. The lowest BCUT2D eigenvalue weighted by Crippen LogP contribution is -2.11. The van der Waals surface area contributed by atoms with Crippen molar-refractivity contribution < 1.29 is 0 Å². The maximum atomic E-state index is 4.73. The number of halogens is 2. The Morgan fingerprint density at radius 3 is 2.96 bits per heavy atom. The van der Waals surface area contributed by atoms with Gasteiger partial charge in [-0.05, 0) is 30.7 Å². The summed E-state index contributed by atoms with van der Waals surface area (Å²) < 4.78 is 4.21. The molecule has 3 aromatic rings. The fraction of sp³-hybridized carbons (Fsp3) is 0.312. The molecule has 0 saturated heterocycles. The summed E-state index contributed by atoms with van der Waals surface area (Å²) in [6.45, 7) is 3.64. The Kier molecular flexibility index (Phi) is 6.36. The highest BCUT2D eigenvalue weighted by Gasteiger charge is 2.15. The number of aromatic nitrogens is 5. The van der Waals surface area contributed by atoms with Gasteiger partial charge in [0.2, 0.25) is 0 Å². The SMILES string of the molecule is Cl.Cl.c1cncc(Cn2ccnc2-c2cc3n(n2)CCCNC3)c1. The number of pyridine rings is 1. The quantitative estimate of drug-likeness (QED) is 0.773. The number of fused-ring (bicyclic) bond motifs is 1. The minimum atomic E-state index is 0. The van der Waals surface area contributed by atoms with Crippen LogP contribution in [-0.4, -0.2) is 30.9 Å². The zero-order chi connectivity index (χ0) is 14.8. The van der Waals surface area contributed by atoms with E-state index >= 15 is 0 Å². The fourth-order valence-corrected chi connectivity index (χ4v) is 2.83. The predicted molar refractivity (Wildman–Crippen MR) is 97.6 cm³/mol. The molecule has 0 amide bonds. The molecule has 1 aliphatic heterocycles. The van der Waals surface area contributed by atoms with E-state index in [1.165, 1.54) is 5.69 Å². The second-order valence-electron chi connectivity index (χ2n) is 5.51. The lowest BCUT2D eigenvalue weighted by atomic mass is 10.2. The first-order valence-electron chi connectivity index (χ1n) is 7.58. The first-order chi connectivity index (χ1) is 10.9. The fourth-order valence-electron chi connectivity index (χ4n) is 2.83. The van der Waals surface area contributed by atoms with Gasteiger partial charge in [-0.25, -0.2) is 4.98 Å². The number of imidazole rings is 1. The highest BCUT2D eigenvalue weighted by molar-refractivity contribution is 5.85. The highest BCUT2D eigenvalue weighted by atomic mass is 35.5. The average Bonchev–Trinajstić information content (AvgIpc) is 3.10. The molecule has 0 spiro atoms. The molecule has 1 aliphatic rings. The van der Waals surface area contributed by atoms with Gasteiger partial charge >= 0.3 is 0 Å².